The summed E-state index contributed by atoms with van der Waals surface area (Å²) in [7, 11) is -2.19. The van der Waals surface area contributed by atoms with E-state index in [0.29, 0.717) is 43.4 Å². The Labute approximate surface area is 313 Å². The van der Waals surface area contributed by atoms with Crippen molar-refractivity contribution in [3.8, 4) is 11.1 Å². The van der Waals surface area contributed by atoms with E-state index in [9.17, 15) is 27.6 Å². The lowest BCUT2D eigenvalue weighted by atomic mass is 10.0. The molecule has 0 radical (unpaired) electrons. The molecule has 8 rings (SSSR count). The Bertz CT molecular complexity index is 2130. The van der Waals surface area contributed by atoms with Crippen molar-refractivity contribution >= 4 is 39.4 Å². The van der Waals surface area contributed by atoms with E-state index in [1.54, 1.807) is 13.2 Å². The molecule has 15 heteroatoms. The highest BCUT2D eigenvalue weighted by Crippen LogP contribution is 2.46. The van der Waals surface area contributed by atoms with Gasteiger partial charge in [0.25, 0.3) is 11.8 Å². The minimum Gasteiger partial charge on any atom is -0.390 e. The first-order chi connectivity index (χ1) is 26.0. The van der Waals surface area contributed by atoms with Crippen LogP contribution in [-0.2, 0) is 36.3 Å². The number of carbonyl (C=O) groups is 4. The molecule has 1 aromatic heterocycles. The molecular weight excluding hydrogens is 711 g/mol. The largest absolute Gasteiger partial charge is 0.390 e. The molecule has 5 atom stereocenters. The van der Waals surface area contributed by atoms with E-state index in [1.807, 2.05) is 60.7 Å². The first-order valence-corrected chi connectivity index (χ1v) is 20.2. The molecule has 3 N–H and O–H groups in total. The van der Waals surface area contributed by atoms with Crippen LogP contribution < -0.4 is 15.4 Å². The molecule has 2 unspecified atom stereocenters. The fourth-order valence-electron chi connectivity index (χ4n) is 7.84. The Morgan fingerprint density at radius 1 is 0.981 bits per heavy atom. The van der Waals surface area contributed by atoms with E-state index in [-0.39, 0.29) is 19.4 Å². The molecule has 5 aliphatic rings. The molecule has 1 saturated heterocycles. The summed E-state index contributed by atoms with van der Waals surface area (Å²) in [5.41, 5.74) is 3.30. The minimum absolute atomic E-state index is 0.00512. The zero-order valence-electron chi connectivity index (χ0n) is 29.9. The van der Waals surface area contributed by atoms with Crippen LogP contribution in [0.15, 0.2) is 78.2 Å². The summed E-state index contributed by atoms with van der Waals surface area (Å²) < 4.78 is 29.4. The van der Waals surface area contributed by atoms with Crippen LogP contribution >= 0.6 is 0 Å². The fourth-order valence-corrected chi connectivity index (χ4v) is 9.20. The van der Waals surface area contributed by atoms with Crippen LogP contribution in [0.5, 0.6) is 0 Å². The van der Waals surface area contributed by atoms with E-state index in [4.69, 9.17) is 4.84 Å². The van der Waals surface area contributed by atoms with Crippen molar-refractivity contribution in [2.75, 3.05) is 6.54 Å². The Morgan fingerprint density at radius 2 is 1.69 bits per heavy atom. The Hall–Kier alpha value is -5.31. The number of rotatable bonds is 7. The predicted octanol–water partition coefficient (Wildman–Crippen LogP) is 2.94. The number of nitrogens with zero attached hydrogens (tertiary/aromatic N) is 4. The Balaban J connectivity index is 1.10. The van der Waals surface area contributed by atoms with Gasteiger partial charge in [-0.05, 0) is 49.7 Å². The number of amides is 4. The number of carbonyl (C=O) groups excluding carboxylic acids is 4. The van der Waals surface area contributed by atoms with Gasteiger partial charge in [0.05, 0.1) is 23.6 Å². The first-order valence-electron chi connectivity index (χ1n) is 18.6. The number of aryl methyl sites for hydroxylation is 1. The molecular formula is C39H43N7O7S. The number of allylic oxidation sites excluding steroid dienone is 1. The number of benzene rings is 2. The van der Waals surface area contributed by atoms with Gasteiger partial charge in [-0.25, -0.2) is 8.42 Å². The Morgan fingerprint density at radius 3 is 2.35 bits per heavy atom. The van der Waals surface area contributed by atoms with Gasteiger partial charge in [-0.15, -0.1) is 0 Å². The summed E-state index contributed by atoms with van der Waals surface area (Å²) in [4.78, 5) is 63.6. The minimum atomic E-state index is -3.88. The topological polar surface area (TPSA) is 181 Å². The second-order valence-electron chi connectivity index (χ2n) is 14.9. The SMILES string of the molecule is Cn1cc(C(=O)N[C@H]2CCCCC/C=C\C3CC3(C(=O)NS(=O)(=O)C3CC3)NC(=O)[C@@H]3C[C@@H](ON=C4c5ccccc5-c5ccccc54)CN3C2=O)cn1. The van der Waals surface area contributed by atoms with E-state index in [2.05, 4.69) is 25.6 Å². The number of fused-ring (bicyclic) bond motifs is 5. The van der Waals surface area contributed by atoms with E-state index in [1.165, 1.54) is 15.8 Å². The van der Waals surface area contributed by atoms with Crippen molar-refractivity contribution in [2.24, 2.45) is 18.1 Å². The third kappa shape index (κ3) is 6.92. The maximum atomic E-state index is 14.5. The molecule has 0 spiro atoms. The van der Waals surface area contributed by atoms with Gasteiger partial charge in [0.1, 0.15) is 29.4 Å². The molecule has 4 amide bonds. The van der Waals surface area contributed by atoms with Crippen LogP contribution in [0, 0.1) is 5.92 Å². The maximum Gasteiger partial charge on any atom is 0.259 e. The van der Waals surface area contributed by atoms with Crippen LogP contribution in [0.2, 0.25) is 0 Å². The lowest BCUT2D eigenvalue weighted by molar-refractivity contribution is -0.141. The number of oxime groups is 1. The van der Waals surface area contributed by atoms with Gasteiger partial charge in [-0.2, -0.15) is 5.10 Å². The summed E-state index contributed by atoms with van der Waals surface area (Å²) in [6.45, 7) is -0.00512. The van der Waals surface area contributed by atoms with Gasteiger partial charge in [0.15, 0.2) is 0 Å². The van der Waals surface area contributed by atoms with Gasteiger partial charge in [0.2, 0.25) is 21.8 Å². The highest BCUT2D eigenvalue weighted by Gasteiger charge is 2.62. The van der Waals surface area contributed by atoms with Gasteiger partial charge in [0, 0.05) is 36.7 Å². The predicted molar refractivity (Wildman–Crippen MR) is 198 cm³/mol. The standard InChI is InChI=1S/C39H43N7O7S/c1-45-22-24(21-40-45)35(47)41-32-16-6-4-2-3-5-11-25-20-39(25,38(50)44-54(51,52)27-17-18-27)42-36(48)33-19-26(23-46(33)37(32)49)53-43-34-30-14-9-7-12-28(30)29-13-8-10-15-31(29)34/h5,7-15,21-22,25-27,32-33H,2-4,6,16-20,23H2,1H3,(H,41,47)(H,42,48)(H,44,50)/b11-5-/t25?,26-,32+,33+,39?/m1/s1. The normalized spacial score (nSPS) is 27.2. The molecule has 14 nitrogen and oxygen atoms in total. The summed E-state index contributed by atoms with van der Waals surface area (Å²) >= 11 is 0. The van der Waals surface area contributed by atoms with Gasteiger partial charge in [-0.3, -0.25) is 28.6 Å². The molecule has 0 bridgehead atoms. The van der Waals surface area contributed by atoms with Crippen LogP contribution in [-0.4, -0.2) is 88.0 Å². The lowest BCUT2D eigenvalue weighted by Crippen LogP contribution is -2.58. The van der Waals surface area contributed by atoms with Crippen molar-refractivity contribution in [2.45, 2.75) is 86.8 Å². The summed E-state index contributed by atoms with van der Waals surface area (Å²) in [6.07, 6.45) is 10.6. The molecule has 2 aromatic carbocycles. The number of hydrogen-bond donors (Lipinski definition) is 3. The quantitative estimate of drug-likeness (QED) is 0.190. The highest BCUT2D eigenvalue weighted by molar-refractivity contribution is 7.91. The van der Waals surface area contributed by atoms with E-state index in [0.717, 1.165) is 35.1 Å². The van der Waals surface area contributed by atoms with Crippen LogP contribution in [0.3, 0.4) is 0 Å². The third-order valence-electron chi connectivity index (χ3n) is 11.1. The third-order valence-corrected chi connectivity index (χ3v) is 12.9. The smallest absolute Gasteiger partial charge is 0.259 e. The van der Waals surface area contributed by atoms with Gasteiger partial charge in [-0.1, -0.05) is 78.7 Å². The Kier molecular flexibility index (Phi) is 9.36. The van der Waals surface area contributed by atoms with Crippen molar-refractivity contribution in [3.05, 3.63) is 89.8 Å². The van der Waals surface area contributed by atoms with Gasteiger partial charge < -0.3 is 20.4 Å². The van der Waals surface area contributed by atoms with Crippen LogP contribution in [0.4, 0.5) is 0 Å². The molecule has 54 heavy (non-hydrogen) atoms. The number of aromatic nitrogens is 2. The average molecular weight is 754 g/mol. The monoisotopic (exact) mass is 753 g/mol. The van der Waals surface area contributed by atoms with Gasteiger partial charge >= 0.3 is 0 Å². The number of hydrogen-bond acceptors (Lipinski definition) is 9. The summed E-state index contributed by atoms with van der Waals surface area (Å²) in [6, 6.07) is 13.7. The van der Waals surface area contributed by atoms with Crippen LogP contribution in [0.25, 0.3) is 11.1 Å². The summed E-state index contributed by atoms with van der Waals surface area (Å²) in [5, 5.41) is 13.8. The first kappa shape index (κ1) is 35.7. The zero-order chi connectivity index (χ0) is 37.6. The van der Waals surface area contributed by atoms with E-state index < -0.39 is 68.5 Å². The molecule has 3 heterocycles. The second-order valence-corrected chi connectivity index (χ2v) is 16.9. The molecule has 3 aromatic rings. The van der Waals surface area contributed by atoms with Crippen molar-refractivity contribution in [3.63, 3.8) is 0 Å². The fraction of sp³-hybridized carbons (Fsp3) is 0.436. The van der Waals surface area contributed by atoms with Crippen molar-refractivity contribution in [1.82, 2.24) is 30.0 Å². The molecule has 2 saturated carbocycles. The van der Waals surface area contributed by atoms with E-state index >= 15 is 0 Å². The molecule has 3 fully saturated rings. The summed E-state index contributed by atoms with van der Waals surface area (Å²) in [5.74, 6) is -2.73. The average Bonchev–Trinajstić information content (AvgIpc) is 4.01. The molecule has 282 valence electrons. The number of nitrogens with one attached hydrogen (secondary N) is 3. The maximum absolute atomic E-state index is 14.5. The highest BCUT2D eigenvalue weighted by atomic mass is 32.2. The van der Waals surface area contributed by atoms with Crippen molar-refractivity contribution in [1.29, 1.82) is 0 Å². The zero-order valence-corrected chi connectivity index (χ0v) is 30.8. The molecule has 3 aliphatic carbocycles. The second kappa shape index (κ2) is 14.2. The lowest BCUT2D eigenvalue weighted by Gasteiger charge is -2.29. The van der Waals surface area contributed by atoms with Crippen LogP contribution in [0.1, 0.15) is 79.3 Å². The number of sulfonamides is 1. The molecule has 2 aliphatic heterocycles. The van der Waals surface area contributed by atoms with Crippen molar-refractivity contribution < 1.29 is 32.4 Å².